The smallest absolute Gasteiger partial charge is 0.371 e. The normalized spacial score (nSPS) is 15.1. The van der Waals surface area contributed by atoms with Gasteiger partial charge in [0.15, 0.2) is 5.82 Å². The summed E-state index contributed by atoms with van der Waals surface area (Å²) in [4.78, 5) is 3.75. The molecule has 1 fully saturated rings. The number of halogens is 4. The lowest BCUT2D eigenvalue weighted by Gasteiger charge is -2.39. The van der Waals surface area contributed by atoms with Gasteiger partial charge in [-0.15, -0.1) is 10.2 Å². The molecule has 1 aliphatic heterocycles. The SMILES string of the molecule is CN(c1ccc(F)cc1C(F)(F)F)C1CCN(c2nnc(-c3ccnn3C)c3ccccc23)CC1. The van der Waals surface area contributed by atoms with E-state index in [2.05, 4.69) is 20.2 Å². The van der Waals surface area contributed by atoms with Gasteiger partial charge in [0.1, 0.15) is 11.5 Å². The Labute approximate surface area is 199 Å². The highest BCUT2D eigenvalue weighted by Gasteiger charge is 2.36. The Morgan fingerprint density at radius 1 is 0.971 bits per heavy atom. The minimum atomic E-state index is -4.63. The van der Waals surface area contributed by atoms with Gasteiger partial charge in [-0.2, -0.15) is 18.3 Å². The predicted molar refractivity (Wildman–Crippen MR) is 127 cm³/mol. The van der Waals surface area contributed by atoms with Crippen molar-refractivity contribution in [1.29, 1.82) is 0 Å². The Morgan fingerprint density at radius 3 is 2.34 bits per heavy atom. The molecule has 10 heteroatoms. The van der Waals surface area contributed by atoms with E-state index in [0.29, 0.717) is 32.0 Å². The summed E-state index contributed by atoms with van der Waals surface area (Å²) in [5.74, 6) is -0.144. The lowest BCUT2D eigenvalue weighted by atomic mass is 10.0. The molecule has 3 heterocycles. The molecule has 0 radical (unpaired) electrons. The fourth-order valence-corrected chi connectivity index (χ4v) is 4.82. The first-order valence-corrected chi connectivity index (χ1v) is 11.3. The van der Waals surface area contributed by atoms with E-state index in [9.17, 15) is 17.6 Å². The number of alkyl halides is 3. The maximum absolute atomic E-state index is 13.5. The van der Waals surface area contributed by atoms with Crippen LogP contribution < -0.4 is 9.80 Å². The van der Waals surface area contributed by atoms with Crippen molar-refractivity contribution in [2.75, 3.05) is 29.9 Å². The molecule has 0 bridgehead atoms. The average molecular weight is 485 g/mol. The summed E-state index contributed by atoms with van der Waals surface area (Å²) >= 11 is 0. The van der Waals surface area contributed by atoms with Gasteiger partial charge >= 0.3 is 6.18 Å². The molecular weight excluding hydrogens is 460 g/mol. The number of aromatic nitrogens is 4. The van der Waals surface area contributed by atoms with Gasteiger partial charge in [0, 0.05) is 55.9 Å². The first-order chi connectivity index (χ1) is 16.7. The Hall–Kier alpha value is -3.69. The summed E-state index contributed by atoms with van der Waals surface area (Å²) in [5, 5.41) is 15.2. The molecule has 0 atom stereocenters. The van der Waals surface area contributed by atoms with E-state index in [0.717, 1.165) is 34.0 Å². The van der Waals surface area contributed by atoms with Crippen LogP contribution in [0.5, 0.6) is 0 Å². The summed E-state index contributed by atoms with van der Waals surface area (Å²) in [7, 11) is 3.49. The molecule has 0 saturated carbocycles. The molecule has 4 aromatic rings. The quantitative estimate of drug-likeness (QED) is 0.368. The zero-order valence-corrected chi connectivity index (χ0v) is 19.3. The zero-order valence-electron chi connectivity index (χ0n) is 19.3. The minimum Gasteiger partial charge on any atom is -0.371 e. The fraction of sp³-hybridized carbons (Fsp3) is 0.320. The summed E-state index contributed by atoms with van der Waals surface area (Å²) in [5.41, 5.74) is 0.642. The number of benzene rings is 2. The minimum absolute atomic E-state index is 0.0110. The van der Waals surface area contributed by atoms with Crippen molar-refractivity contribution < 1.29 is 17.6 Å². The lowest BCUT2D eigenvalue weighted by molar-refractivity contribution is -0.137. The fourth-order valence-electron chi connectivity index (χ4n) is 4.82. The van der Waals surface area contributed by atoms with Crippen LogP contribution in [0.25, 0.3) is 22.2 Å². The number of rotatable bonds is 4. The molecule has 2 aromatic heterocycles. The molecule has 5 rings (SSSR count). The second-order valence-electron chi connectivity index (χ2n) is 8.75. The Balaban J connectivity index is 1.39. The zero-order chi connectivity index (χ0) is 24.7. The molecule has 1 aliphatic rings. The highest BCUT2D eigenvalue weighted by Crippen LogP contribution is 2.39. The average Bonchev–Trinajstić information content (AvgIpc) is 3.28. The van der Waals surface area contributed by atoms with Gasteiger partial charge in [-0.05, 0) is 37.1 Å². The van der Waals surface area contributed by atoms with Crippen molar-refractivity contribution in [3.8, 4) is 11.4 Å². The first kappa shape index (κ1) is 23.1. The van der Waals surface area contributed by atoms with Crippen molar-refractivity contribution in [2.45, 2.75) is 25.1 Å². The number of aryl methyl sites for hydroxylation is 1. The summed E-state index contributed by atoms with van der Waals surface area (Å²) in [6, 6.07) is 12.5. The number of hydrogen-bond acceptors (Lipinski definition) is 5. The Kier molecular flexibility index (Phi) is 5.82. The van der Waals surface area contributed by atoms with E-state index in [4.69, 9.17) is 0 Å². The van der Waals surface area contributed by atoms with Crippen LogP contribution >= 0.6 is 0 Å². The van der Waals surface area contributed by atoms with Crippen molar-refractivity contribution in [1.82, 2.24) is 20.0 Å². The second-order valence-corrected chi connectivity index (χ2v) is 8.75. The molecular formula is C25H24F4N6. The van der Waals surface area contributed by atoms with Gasteiger partial charge in [-0.1, -0.05) is 24.3 Å². The maximum Gasteiger partial charge on any atom is 0.418 e. The molecule has 0 N–H and O–H groups in total. The van der Waals surface area contributed by atoms with Crippen LogP contribution in [0.1, 0.15) is 18.4 Å². The van der Waals surface area contributed by atoms with Crippen LogP contribution in [0.2, 0.25) is 0 Å². The molecule has 0 unspecified atom stereocenters. The first-order valence-electron chi connectivity index (χ1n) is 11.3. The van der Waals surface area contributed by atoms with Crippen LogP contribution in [-0.4, -0.2) is 46.2 Å². The monoisotopic (exact) mass is 484 g/mol. The summed E-state index contributed by atoms with van der Waals surface area (Å²) in [6.07, 6.45) is -1.65. The number of fused-ring (bicyclic) bond motifs is 1. The lowest BCUT2D eigenvalue weighted by Crippen LogP contribution is -2.44. The van der Waals surface area contributed by atoms with Gasteiger partial charge in [-0.25, -0.2) is 4.39 Å². The van der Waals surface area contributed by atoms with Crippen molar-refractivity contribution in [2.24, 2.45) is 7.05 Å². The number of anilines is 2. The maximum atomic E-state index is 13.5. The largest absolute Gasteiger partial charge is 0.418 e. The molecule has 6 nitrogen and oxygen atoms in total. The summed E-state index contributed by atoms with van der Waals surface area (Å²) < 4.78 is 55.9. The number of nitrogens with zero attached hydrogens (tertiary/aromatic N) is 6. The van der Waals surface area contributed by atoms with Gasteiger partial charge in [0.05, 0.1) is 11.3 Å². The standard InChI is InChI=1S/C25H24F4N6/c1-33(21-8-7-16(26)15-20(21)25(27,28)29)17-10-13-35(14-11-17)24-19-6-4-3-5-18(19)23(31-32-24)22-9-12-30-34(22)2/h3-9,12,15,17H,10-11,13-14H2,1-2H3. The summed E-state index contributed by atoms with van der Waals surface area (Å²) in [6.45, 7) is 1.22. The highest BCUT2D eigenvalue weighted by molar-refractivity contribution is 5.99. The van der Waals surface area contributed by atoms with Crippen LogP contribution in [0.15, 0.2) is 54.7 Å². The van der Waals surface area contributed by atoms with Crippen molar-refractivity contribution in [3.63, 3.8) is 0 Å². The second kappa shape index (κ2) is 8.83. The predicted octanol–water partition coefficient (Wildman–Crippen LogP) is 5.29. The van der Waals surface area contributed by atoms with Crippen molar-refractivity contribution >= 4 is 22.3 Å². The molecule has 0 spiro atoms. The van der Waals surface area contributed by atoms with Gasteiger partial charge in [-0.3, -0.25) is 4.68 Å². The third-order valence-corrected chi connectivity index (χ3v) is 6.69. The number of hydrogen-bond donors (Lipinski definition) is 0. The Bertz CT molecular complexity index is 1360. The van der Waals surface area contributed by atoms with E-state index in [-0.39, 0.29) is 11.7 Å². The van der Waals surface area contributed by atoms with Gasteiger partial charge in [0.2, 0.25) is 0 Å². The van der Waals surface area contributed by atoms with Crippen LogP contribution in [-0.2, 0) is 13.2 Å². The third-order valence-electron chi connectivity index (χ3n) is 6.69. The molecule has 0 aliphatic carbocycles. The molecule has 35 heavy (non-hydrogen) atoms. The van der Waals surface area contributed by atoms with E-state index in [1.807, 2.05) is 37.4 Å². The van der Waals surface area contributed by atoms with Crippen LogP contribution in [0.3, 0.4) is 0 Å². The molecule has 1 saturated heterocycles. The van der Waals surface area contributed by atoms with Gasteiger partial charge < -0.3 is 9.80 Å². The molecule has 0 amide bonds. The topological polar surface area (TPSA) is 50.1 Å². The third kappa shape index (κ3) is 4.28. The van der Waals surface area contributed by atoms with E-state index >= 15 is 0 Å². The van der Waals surface area contributed by atoms with Crippen LogP contribution in [0, 0.1) is 5.82 Å². The molecule has 182 valence electrons. The van der Waals surface area contributed by atoms with Gasteiger partial charge in [0.25, 0.3) is 0 Å². The molecule has 2 aromatic carbocycles. The highest BCUT2D eigenvalue weighted by atomic mass is 19.4. The Morgan fingerprint density at radius 2 is 1.69 bits per heavy atom. The number of piperidine rings is 1. The van der Waals surface area contributed by atoms with Crippen LogP contribution in [0.4, 0.5) is 29.1 Å². The van der Waals surface area contributed by atoms with E-state index in [1.54, 1.807) is 22.8 Å². The van der Waals surface area contributed by atoms with E-state index in [1.165, 1.54) is 6.07 Å². The van der Waals surface area contributed by atoms with E-state index < -0.39 is 17.6 Å². The van der Waals surface area contributed by atoms with Crippen molar-refractivity contribution in [3.05, 3.63) is 66.1 Å².